The summed E-state index contributed by atoms with van der Waals surface area (Å²) in [5, 5.41) is 12.5. The first kappa shape index (κ1) is 29.6. The molecule has 38 heavy (non-hydrogen) atoms. The molecule has 1 amide bonds. The molecule has 0 fully saturated rings. The van der Waals surface area contributed by atoms with Gasteiger partial charge in [0, 0.05) is 37.8 Å². The molecule has 0 saturated heterocycles. The lowest BCUT2D eigenvalue weighted by molar-refractivity contribution is -0.131. The maximum absolute atomic E-state index is 13.7. The number of hydrogen-bond donors (Lipinski definition) is 2. The maximum Gasteiger partial charge on any atom is 0.328 e. The highest BCUT2D eigenvalue weighted by Gasteiger charge is 2.30. The van der Waals surface area contributed by atoms with Gasteiger partial charge in [-0.3, -0.25) is 4.79 Å². The second kappa shape index (κ2) is 16.1. The molecule has 3 rings (SSSR count). The lowest BCUT2D eigenvalue weighted by atomic mass is 10.1. The van der Waals surface area contributed by atoms with E-state index in [9.17, 15) is 9.59 Å². The third-order valence-corrected chi connectivity index (χ3v) is 6.20. The standard InChI is InChI=1S/C28H36ClN3O6/c1-36-17-18-38-20-19-37-16-15-32-25-8-3-2-7-24(25)31(14-5-4-12-30-13-6-9-27(33)34)26-21-22(29)10-11-23(26)28(32)35/h2-3,6-11,21,30H,4-5,12-20H2,1H3,(H,33,34)/b9-6+. The number of halogens is 1. The summed E-state index contributed by atoms with van der Waals surface area (Å²) in [5.41, 5.74) is 3.12. The fraction of sp³-hybridized carbons (Fsp3) is 0.429. The summed E-state index contributed by atoms with van der Waals surface area (Å²) >= 11 is 6.38. The number of carboxylic acids is 1. The van der Waals surface area contributed by atoms with Crippen LogP contribution in [0.15, 0.2) is 54.6 Å². The molecule has 2 aromatic rings. The van der Waals surface area contributed by atoms with Crippen LogP contribution >= 0.6 is 11.6 Å². The Morgan fingerprint density at radius 1 is 0.947 bits per heavy atom. The van der Waals surface area contributed by atoms with Crippen molar-refractivity contribution in [1.29, 1.82) is 0 Å². The Morgan fingerprint density at radius 3 is 2.39 bits per heavy atom. The highest BCUT2D eigenvalue weighted by Crippen LogP contribution is 2.41. The van der Waals surface area contributed by atoms with Gasteiger partial charge in [-0.25, -0.2) is 4.79 Å². The number of aliphatic carboxylic acids is 1. The number of anilines is 3. The van der Waals surface area contributed by atoms with Crippen molar-refractivity contribution in [3.8, 4) is 0 Å². The predicted octanol–water partition coefficient (Wildman–Crippen LogP) is 4.13. The molecule has 206 valence electrons. The van der Waals surface area contributed by atoms with E-state index in [2.05, 4.69) is 10.2 Å². The van der Waals surface area contributed by atoms with Gasteiger partial charge in [-0.05, 0) is 49.7 Å². The quantitative estimate of drug-likeness (QED) is 0.226. The number of fused-ring (bicyclic) bond motifs is 2. The summed E-state index contributed by atoms with van der Waals surface area (Å²) in [6.07, 6.45) is 4.46. The Morgan fingerprint density at radius 2 is 1.66 bits per heavy atom. The Bertz CT molecular complexity index is 1080. The van der Waals surface area contributed by atoms with E-state index in [1.807, 2.05) is 30.3 Å². The number of carboxylic acid groups (broad SMARTS) is 1. The van der Waals surface area contributed by atoms with E-state index in [0.29, 0.717) is 63.3 Å². The molecular weight excluding hydrogens is 510 g/mol. The van der Waals surface area contributed by atoms with Crippen molar-refractivity contribution in [2.24, 2.45) is 0 Å². The number of methoxy groups -OCH3 is 1. The van der Waals surface area contributed by atoms with E-state index < -0.39 is 5.97 Å². The van der Waals surface area contributed by atoms with Crippen LogP contribution in [0, 0.1) is 0 Å². The van der Waals surface area contributed by atoms with Crippen LogP contribution in [-0.4, -0.2) is 83.3 Å². The Hall–Kier alpha value is -2.95. The van der Waals surface area contributed by atoms with E-state index in [4.69, 9.17) is 30.9 Å². The fourth-order valence-electron chi connectivity index (χ4n) is 4.16. The van der Waals surface area contributed by atoms with Gasteiger partial charge in [0.05, 0.1) is 55.7 Å². The number of carbonyl (C=O) groups excluding carboxylic acids is 1. The number of unbranched alkanes of at least 4 members (excludes halogenated alkanes) is 1. The third-order valence-electron chi connectivity index (χ3n) is 5.96. The zero-order valence-electron chi connectivity index (χ0n) is 21.7. The van der Waals surface area contributed by atoms with Gasteiger partial charge in [-0.1, -0.05) is 29.8 Å². The number of rotatable bonds is 17. The fourth-order valence-corrected chi connectivity index (χ4v) is 4.33. The predicted molar refractivity (Wildman–Crippen MR) is 149 cm³/mol. The van der Waals surface area contributed by atoms with Crippen LogP contribution in [0.5, 0.6) is 0 Å². The summed E-state index contributed by atoms with van der Waals surface area (Å²) < 4.78 is 16.1. The van der Waals surface area contributed by atoms with Gasteiger partial charge in [-0.15, -0.1) is 0 Å². The highest BCUT2D eigenvalue weighted by molar-refractivity contribution is 6.31. The van der Waals surface area contributed by atoms with Crippen molar-refractivity contribution in [2.45, 2.75) is 12.8 Å². The molecule has 0 saturated carbocycles. The van der Waals surface area contributed by atoms with Crippen molar-refractivity contribution in [2.75, 3.05) is 76.1 Å². The van der Waals surface area contributed by atoms with Gasteiger partial charge in [0.1, 0.15) is 0 Å². The van der Waals surface area contributed by atoms with E-state index in [1.54, 1.807) is 30.2 Å². The minimum Gasteiger partial charge on any atom is -0.478 e. The van der Waals surface area contributed by atoms with Gasteiger partial charge in [-0.2, -0.15) is 0 Å². The number of para-hydroxylation sites is 2. The molecule has 10 heteroatoms. The molecule has 1 aliphatic rings. The molecular formula is C28H36ClN3O6. The van der Waals surface area contributed by atoms with Crippen LogP contribution < -0.4 is 15.1 Å². The third kappa shape index (κ3) is 8.82. The minimum absolute atomic E-state index is 0.0987. The van der Waals surface area contributed by atoms with Crippen LogP contribution in [0.2, 0.25) is 5.02 Å². The molecule has 0 bridgehead atoms. The number of benzene rings is 2. The first-order valence-corrected chi connectivity index (χ1v) is 13.1. The summed E-state index contributed by atoms with van der Waals surface area (Å²) in [4.78, 5) is 28.2. The van der Waals surface area contributed by atoms with Gasteiger partial charge < -0.3 is 34.4 Å². The first-order valence-electron chi connectivity index (χ1n) is 12.8. The summed E-state index contributed by atoms with van der Waals surface area (Å²) in [6.45, 7) is 4.68. The number of amides is 1. The molecule has 9 nitrogen and oxygen atoms in total. The van der Waals surface area contributed by atoms with Crippen LogP contribution in [0.4, 0.5) is 17.1 Å². The van der Waals surface area contributed by atoms with Gasteiger partial charge in [0.2, 0.25) is 0 Å². The molecule has 0 aromatic heterocycles. The molecule has 0 radical (unpaired) electrons. The van der Waals surface area contributed by atoms with Gasteiger partial charge in [0.15, 0.2) is 0 Å². The smallest absolute Gasteiger partial charge is 0.328 e. The van der Waals surface area contributed by atoms with Crippen molar-refractivity contribution in [1.82, 2.24) is 5.32 Å². The zero-order valence-corrected chi connectivity index (χ0v) is 22.5. The number of nitrogens with zero attached hydrogens (tertiary/aromatic N) is 2. The summed E-state index contributed by atoms with van der Waals surface area (Å²) in [6, 6.07) is 13.2. The largest absolute Gasteiger partial charge is 0.478 e. The highest BCUT2D eigenvalue weighted by atomic mass is 35.5. The minimum atomic E-state index is -0.953. The van der Waals surface area contributed by atoms with E-state index in [-0.39, 0.29) is 5.91 Å². The van der Waals surface area contributed by atoms with Gasteiger partial charge >= 0.3 is 5.97 Å². The number of hydrogen-bond acceptors (Lipinski definition) is 7. The lowest BCUT2D eigenvalue weighted by Crippen LogP contribution is -2.33. The van der Waals surface area contributed by atoms with Crippen LogP contribution in [0.1, 0.15) is 23.2 Å². The van der Waals surface area contributed by atoms with Crippen molar-refractivity contribution in [3.05, 3.63) is 65.2 Å². The second-order valence-corrected chi connectivity index (χ2v) is 9.06. The normalized spacial score (nSPS) is 13.1. The number of carbonyl (C=O) groups is 2. The van der Waals surface area contributed by atoms with Crippen molar-refractivity contribution in [3.63, 3.8) is 0 Å². The van der Waals surface area contributed by atoms with Gasteiger partial charge in [0.25, 0.3) is 5.91 Å². The SMILES string of the molecule is COCCOCCOCCN1C(=O)c2ccc(Cl)cc2N(CCCCNC/C=C/C(=O)O)c2ccccc21. The van der Waals surface area contributed by atoms with Crippen LogP contribution in [0.3, 0.4) is 0 Å². The molecule has 0 aliphatic carbocycles. The molecule has 1 heterocycles. The van der Waals surface area contributed by atoms with Crippen molar-refractivity contribution < 1.29 is 28.9 Å². The number of nitrogens with one attached hydrogen (secondary N) is 1. The van der Waals surface area contributed by atoms with Crippen LogP contribution in [0.25, 0.3) is 0 Å². The Balaban J connectivity index is 1.69. The van der Waals surface area contributed by atoms with E-state index in [1.165, 1.54) is 0 Å². The average Bonchev–Trinajstić information content (AvgIpc) is 2.99. The summed E-state index contributed by atoms with van der Waals surface area (Å²) in [7, 11) is 1.63. The van der Waals surface area contributed by atoms with E-state index in [0.717, 1.165) is 42.5 Å². The molecule has 1 aliphatic heterocycles. The zero-order chi connectivity index (χ0) is 27.2. The topological polar surface area (TPSA) is 101 Å². The number of ether oxygens (including phenoxy) is 3. The van der Waals surface area contributed by atoms with E-state index >= 15 is 0 Å². The molecule has 0 spiro atoms. The molecule has 0 unspecified atom stereocenters. The molecule has 2 aromatic carbocycles. The van der Waals surface area contributed by atoms with Crippen molar-refractivity contribution >= 4 is 40.5 Å². The second-order valence-electron chi connectivity index (χ2n) is 8.63. The monoisotopic (exact) mass is 545 g/mol. The average molecular weight is 546 g/mol. The maximum atomic E-state index is 13.7. The Kier molecular flexibility index (Phi) is 12.5. The lowest BCUT2D eigenvalue weighted by Gasteiger charge is -2.27. The first-order chi connectivity index (χ1) is 18.5. The molecule has 2 N–H and O–H groups in total. The summed E-state index contributed by atoms with van der Waals surface area (Å²) in [5.74, 6) is -1.05. The Labute approximate surface area is 228 Å². The van der Waals surface area contributed by atoms with Crippen LogP contribution in [-0.2, 0) is 19.0 Å². The molecule has 0 atom stereocenters.